The Labute approximate surface area is 187 Å². The maximum Gasteiger partial charge on any atom is 0.260 e. The molecule has 0 spiro atoms. The van der Waals surface area contributed by atoms with Gasteiger partial charge in [-0.3, -0.25) is 14.5 Å². The number of rotatable bonds is 5. The average Bonchev–Trinajstić information content (AvgIpc) is 3.31. The quantitative estimate of drug-likeness (QED) is 0.596. The molecule has 0 saturated carbocycles. The summed E-state index contributed by atoms with van der Waals surface area (Å²) in [4.78, 5) is 28.2. The first-order valence-electron chi connectivity index (χ1n) is 9.84. The summed E-state index contributed by atoms with van der Waals surface area (Å²) >= 11 is 4.87. The molecular weight excluding hydrogens is 468 g/mol. The predicted octanol–water partition coefficient (Wildman–Crippen LogP) is 2.45. The van der Waals surface area contributed by atoms with Crippen molar-refractivity contribution in [2.45, 2.75) is 33.2 Å². The van der Waals surface area contributed by atoms with E-state index in [4.69, 9.17) is 0 Å². The van der Waals surface area contributed by atoms with Crippen molar-refractivity contribution in [1.29, 1.82) is 0 Å². The number of carbonyl (C=O) groups is 2. The van der Waals surface area contributed by atoms with Crippen molar-refractivity contribution in [3.05, 3.63) is 45.4 Å². The van der Waals surface area contributed by atoms with Crippen molar-refractivity contribution in [3.63, 3.8) is 0 Å². The Morgan fingerprint density at radius 2 is 2.20 bits per heavy atom. The minimum atomic E-state index is -0.230. The van der Waals surface area contributed by atoms with E-state index in [1.54, 1.807) is 23.0 Å². The van der Waals surface area contributed by atoms with Crippen molar-refractivity contribution in [2.75, 3.05) is 19.6 Å². The number of allylic oxidation sites excluding steroid dienone is 1. The summed E-state index contributed by atoms with van der Waals surface area (Å²) in [6.45, 7) is 8.62. The molecule has 2 aliphatic heterocycles. The highest BCUT2D eigenvalue weighted by Gasteiger charge is 2.30. The van der Waals surface area contributed by atoms with Crippen LogP contribution >= 0.6 is 27.3 Å². The number of dihydropyridines is 1. The predicted molar refractivity (Wildman–Crippen MR) is 120 cm³/mol. The van der Waals surface area contributed by atoms with Crippen LogP contribution in [-0.2, 0) is 4.79 Å². The number of aromatic nitrogens is 2. The Morgan fingerprint density at radius 3 is 2.93 bits per heavy atom. The molecule has 0 radical (unpaired) electrons. The van der Waals surface area contributed by atoms with Crippen LogP contribution in [0.4, 0.5) is 0 Å². The van der Waals surface area contributed by atoms with Crippen LogP contribution in [0.3, 0.4) is 0 Å². The summed E-state index contributed by atoms with van der Waals surface area (Å²) in [5, 5.41) is 13.3. The maximum absolute atomic E-state index is 12.8. The summed E-state index contributed by atoms with van der Waals surface area (Å²) in [6, 6.07) is -0.0879. The highest BCUT2D eigenvalue weighted by Crippen LogP contribution is 2.28. The fraction of sp³-hybridized carbons (Fsp3) is 0.450. The number of fused-ring (bicyclic) bond motifs is 1. The average molecular weight is 493 g/mol. The SMILES string of the molecule is CC1NC=C(NC(=O)CN2CCC(C)(C)C2)C=C1NC(=O)c1cnn2cc(Br)sc12. The van der Waals surface area contributed by atoms with Crippen molar-refractivity contribution in [3.8, 4) is 0 Å². The summed E-state index contributed by atoms with van der Waals surface area (Å²) in [5.74, 6) is -0.287. The summed E-state index contributed by atoms with van der Waals surface area (Å²) in [6.07, 6.45) is 8.04. The molecule has 1 unspecified atom stereocenters. The molecule has 4 rings (SSSR count). The van der Waals surface area contributed by atoms with Crippen LogP contribution in [0, 0.1) is 5.41 Å². The highest BCUT2D eigenvalue weighted by atomic mass is 79.9. The minimum absolute atomic E-state index is 0.0565. The van der Waals surface area contributed by atoms with Crippen LogP contribution in [0.15, 0.2) is 39.9 Å². The lowest BCUT2D eigenvalue weighted by Crippen LogP contribution is -2.41. The van der Waals surface area contributed by atoms with E-state index in [0.29, 0.717) is 23.5 Å². The van der Waals surface area contributed by atoms with Gasteiger partial charge in [0.15, 0.2) is 0 Å². The van der Waals surface area contributed by atoms with Crippen LogP contribution in [0.1, 0.15) is 37.6 Å². The topological polar surface area (TPSA) is 90.8 Å². The van der Waals surface area contributed by atoms with E-state index in [9.17, 15) is 9.59 Å². The second-order valence-electron chi connectivity index (χ2n) is 8.56. The van der Waals surface area contributed by atoms with E-state index in [0.717, 1.165) is 28.1 Å². The minimum Gasteiger partial charge on any atom is -0.381 e. The second kappa shape index (κ2) is 8.16. The molecule has 4 heterocycles. The molecule has 3 N–H and O–H groups in total. The smallest absolute Gasteiger partial charge is 0.260 e. The number of hydrogen-bond acceptors (Lipinski definition) is 6. The van der Waals surface area contributed by atoms with Gasteiger partial charge in [0.1, 0.15) is 4.83 Å². The molecule has 0 aromatic carbocycles. The molecule has 0 bridgehead atoms. The fourth-order valence-electron chi connectivity index (χ4n) is 3.73. The third-order valence-corrected chi connectivity index (χ3v) is 6.94. The van der Waals surface area contributed by atoms with Gasteiger partial charge < -0.3 is 16.0 Å². The second-order valence-corrected chi connectivity index (χ2v) is 11.0. The van der Waals surface area contributed by atoms with Gasteiger partial charge in [0.25, 0.3) is 5.91 Å². The molecule has 30 heavy (non-hydrogen) atoms. The normalized spacial score (nSPS) is 21.1. The Bertz CT molecular complexity index is 1050. The molecule has 2 amide bonds. The zero-order valence-electron chi connectivity index (χ0n) is 17.2. The van der Waals surface area contributed by atoms with Crippen LogP contribution in [0.2, 0.25) is 0 Å². The lowest BCUT2D eigenvalue weighted by Gasteiger charge is -2.24. The molecule has 2 aliphatic rings. The van der Waals surface area contributed by atoms with Gasteiger partial charge in [-0.1, -0.05) is 13.8 Å². The zero-order chi connectivity index (χ0) is 21.5. The van der Waals surface area contributed by atoms with Gasteiger partial charge in [0.2, 0.25) is 5.91 Å². The van der Waals surface area contributed by atoms with E-state index in [1.165, 1.54) is 11.3 Å². The largest absolute Gasteiger partial charge is 0.381 e. The number of amides is 2. The van der Waals surface area contributed by atoms with Gasteiger partial charge in [-0.05, 0) is 47.3 Å². The van der Waals surface area contributed by atoms with Gasteiger partial charge in [0.05, 0.1) is 40.0 Å². The maximum atomic E-state index is 12.8. The molecule has 1 saturated heterocycles. The highest BCUT2D eigenvalue weighted by molar-refractivity contribution is 9.11. The monoisotopic (exact) mass is 492 g/mol. The van der Waals surface area contributed by atoms with Gasteiger partial charge >= 0.3 is 0 Å². The number of halogens is 1. The molecule has 0 aliphatic carbocycles. The van der Waals surface area contributed by atoms with Gasteiger partial charge in [-0.2, -0.15) is 5.10 Å². The first kappa shape index (κ1) is 21.1. The van der Waals surface area contributed by atoms with Crippen molar-refractivity contribution >= 4 is 43.9 Å². The van der Waals surface area contributed by atoms with E-state index in [-0.39, 0.29) is 23.3 Å². The van der Waals surface area contributed by atoms with Crippen molar-refractivity contribution < 1.29 is 9.59 Å². The Hall–Kier alpha value is -2.17. The number of carbonyl (C=O) groups excluding carboxylic acids is 2. The Balaban J connectivity index is 1.40. The summed E-state index contributed by atoms with van der Waals surface area (Å²) in [5.41, 5.74) is 2.09. The number of nitrogens with one attached hydrogen (secondary N) is 3. The molecular formula is C20H25BrN6O2S. The molecule has 1 fully saturated rings. The van der Waals surface area contributed by atoms with Gasteiger partial charge in [0, 0.05) is 18.4 Å². The summed E-state index contributed by atoms with van der Waals surface area (Å²) in [7, 11) is 0. The lowest BCUT2D eigenvalue weighted by atomic mass is 9.93. The van der Waals surface area contributed by atoms with E-state index < -0.39 is 0 Å². The molecule has 160 valence electrons. The lowest BCUT2D eigenvalue weighted by molar-refractivity contribution is -0.121. The number of likely N-dealkylation sites (tertiary alicyclic amines) is 1. The molecule has 1 atom stereocenters. The van der Waals surface area contributed by atoms with Crippen LogP contribution in [0.5, 0.6) is 0 Å². The van der Waals surface area contributed by atoms with E-state index in [1.807, 2.05) is 13.1 Å². The standard InChI is InChI=1S/C20H25BrN6O2S/c1-12-15(25-18(29)14-8-23-27-9-16(21)30-19(14)27)6-13(7-22-12)24-17(28)10-26-5-4-20(2,3)11-26/h6-9,12,22H,4-5,10-11H2,1-3H3,(H,24,28)(H,25,29). The first-order valence-corrected chi connectivity index (χ1v) is 11.5. The van der Waals surface area contributed by atoms with Crippen LogP contribution in [-0.4, -0.2) is 52.0 Å². The van der Waals surface area contributed by atoms with Gasteiger partial charge in [-0.25, -0.2) is 4.52 Å². The molecule has 2 aromatic rings. The number of thiazole rings is 1. The Morgan fingerprint density at radius 1 is 1.40 bits per heavy atom. The number of nitrogens with zero attached hydrogens (tertiary/aromatic N) is 3. The number of hydrogen-bond donors (Lipinski definition) is 3. The molecule has 2 aromatic heterocycles. The fourth-order valence-corrected chi connectivity index (χ4v) is 5.17. The third-order valence-electron chi connectivity index (χ3n) is 5.34. The zero-order valence-corrected chi connectivity index (χ0v) is 19.6. The van der Waals surface area contributed by atoms with Crippen LogP contribution < -0.4 is 16.0 Å². The van der Waals surface area contributed by atoms with E-state index in [2.05, 4.69) is 55.7 Å². The molecule has 8 nitrogen and oxygen atoms in total. The first-order chi connectivity index (χ1) is 14.2. The van der Waals surface area contributed by atoms with Crippen molar-refractivity contribution in [1.82, 2.24) is 30.5 Å². The summed E-state index contributed by atoms with van der Waals surface area (Å²) < 4.78 is 2.58. The van der Waals surface area contributed by atoms with E-state index >= 15 is 0 Å². The Kier molecular flexibility index (Phi) is 5.73. The van der Waals surface area contributed by atoms with Crippen molar-refractivity contribution in [2.24, 2.45) is 5.41 Å². The third kappa shape index (κ3) is 4.60. The molecule has 10 heteroatoms. The van der Waals surface area contributed by atoms with Gasteiger partial charge in [-0.15, -0.1) is 11.3 Å². The van der Waals surface area contributed by atoms with Crippen LogP contribution in [0.25, 0.3) is 4.83 Å².